The number of aliphatic hydroxyl groups is 1. The molecule has 0 aliphatic carbocycles. The summed E-state index contributed by atoms with van der Waals surface area (Å²) in [6, 6.07) is 4.67. The Morgan fingerprint density at radius 3 is 2.50 bits per heavy atom. The number of aromatic nitrogens is 2. The van der Waals surface area contributed by atoms with Gasteiger partial charge in [0, 0.05) is 11.0 Å². The Morgan fingerprint density at radius 1 is 1.30 bits per heavy atom. The molecule has 0 spiro atoms. The van der Waals surface area contributed by atoms with Gasteiger partial charge in [-0.25, -0.2) is 9.13 Å². The van der Waals surface area contributed by atoms with E-state index < -0.39 is 5.51 Å². The third-order valence-corrected chi connectivity index (χ3v) is 3.88. The predicted molar refractivity (Wildman–Crippen MR) is 71.3 cm³/mol. The van der Waals surface area contributed by atoms with Crippen molar-refractivity contribution >= 4 is 22.8 Å². The van der Waals surface area contributed by atoms with E-state index in [1.54, 1.807) is 6.07 Å². The smallest absolute Gasteiger partial charge is 0.384 e. The minimum absolute atomic E-state index is 0.120. The summed E-state index contributed by atoms with van der Waals surface area (Å²) in [6.45, 7) is 4.96. The lowest BCUT2D eigenvalue weighted by Gasteiger charge is -2.04. The SMILES string of the molecule is CCn1c(CO)[n+](CC)c2ccc(SC(F)(F)F)cc21. The molecule has 0 radical (unpaired) electrons. The van der Waals surface area contributed by atoms with Gasteiger partial charge in [-0.1, -0.05) is 0 Å². The highest BCUT2D eigenvalue weighted by molar-refractivity contribution is 8.00. The third-order valence-electron chi connectivity index (χ3n) is 3.16. The minimum atomic E-state index is -4.29. The molecule has 0 aliphatic rings. The van der Waals surface area contributed by atoms with Crippen LogP contribution in [0.15, 0.2) is 23.1 Å². The monoisotopic (exact) mass is 305 g/mol. The Kier molecular flexibility index (Phi) is 4.29. The van der Waals surface area contributed by atoms with Gasteiger partial charge in [-0.3, -0.25) is 0 Å². The van der Waals surface area contributed by atoms with E-state index in [2.05, 4.69) is 0 Å². The molecule has 0 atom stereocenters. The number of aliphatic hydroxyl groups excluding tert-OH is 1. The molecule has 1 N–H and O–H groups in total. The number of fused-ring (bicyclic) bond motifs is 1. The second-order valence-corrected chi connectivity index (χ2v) is 5.40. The Morgan fingerprint density at radius 2 is 2.00 bits per heavy atom. The molecule has 0 unspecified atom stereocenters. The Hall–Kier alpha value is -1.21. The van der Waals surface area contributed by atoms with E-state index in [1.807, 2.05) is 23.0 Å². The van der Waals surface area contributed by atoms with E-state index in [-0.39, 0.29) is 23.3 Å². The number of thioether (sulfide) groups is 1. The normalized spacial score (nSPS) is 12.3. The van der Waals surface area contributed by atoms with Gasteiger partial charge >= 0.3 is 5.51 Å². The number of aryl methyl sites for hydroxylation is 2. The van der Waals surface area contributed by atoms with Gasteiger partial charge in [-0.05, 0) is 37.7 Å². The van der Waals surface area contributed by atoms with E-state index in [1.165, 1.54) is 12.1 Å². The van der Waals surface area contributed by atoms with Gasteiger partial charge < -0.3 is 5.11 Å². The average Bonchev–Trinajstić information content (AvgIpc) is 2.68. The second-order valence-electron chi connectivity index (χ2n) is 4.26. The molecular weight excluding hydrogens is 289 g/mol. The molecule has 3 nitrogen and oxygen atoms in total. The van der Waals surface area contributed by atoms with Gasteiger partial charge in [0.25, 0.3) is 5.82 Å². The molecule has 20 heavy (non-hydrogen) atoms. The van der Waals surface area contributed by atoms with Crippen molar-refractivity contribution in [1.29, 1.82) is 0 Å². The second kappa shape index (κ2) is 5.65. The zero-order valence-electron chi connectivity index (χ0n) is 11.2. The van der Waals surface area contributed by atoms with Crippen molar-refractivity contribution in [1.82, 2.24) is 4.57 Å². The summed E-state index contributed by atoms with van der Waals surface area (Å²) in [5, 5.41) is 9.49. The first-order valence-electron chi connectivity index (χ1n) is 6.32. The third kappa shape index (κ3) is 2.78. The number of hydrogen-bond acceptors (Lipinski definition) is 2. The van der Waals surface area contributed by atoms with Gasteiger partial charge in [0.15, 0.2) is 11.0 Å². The van der Waals surface area contributed by atoms with Crippen molar-refractivity contribution in [3.05, 3.63) is 24.0 Å². The predicted octanol–water partition coefficient (Wildman–Crippen LogP) is 3.07. The molecule has 1 aromatic heterocycles. The highest BCUT2D eigenvalue weighted by Crippen LogP contribution is 2.37. The molecular formula is C13H16F3N2OS+. The quantitative estimate of drug-likeness (QED) is 0.695. The van der Waals surface area contributed by atoms with Crippen LogP contribution in [0.25, 0.3) is 11.0 Å². The molecule has 110 valence electrons. The Bertz CT molecular complexity index is 622. The number of hydrogen-bond donors (Lipinski definition) is 1. The van der Waals surface area contributed by atoms with Crippen LogP contribution in [-0.2, 0) is 19.7 Å². The summed E-state index contributed by atoms with van der Waals surface area (Å²) in [4.78, 5) is 0.157. The van der Waals surface area contributed by atoms with Crippen LogP contribution in [0.5, 0.6) is 0 Å². The lowest BCUT2D eigenvalue weighted by atomic mass is 10.3. The highest BCUT2D eigenvalue weighted by atomic mass is 32.2. The molecule has 1 heterocycles. The molecule has 0 bridgehead atoms. The maximum atomic E-state index is 12.5. The van der Waals surface area contributed by atoms with Crippen LogP contribution in [-0.4, -0.2) is 15.2 Å². The molecule has 7 heteroatoms. The number of alkyl halides is 3. The first-order valence-corrected chi connectivity index (χ1v) is 7.14. The standard InChI is InChI=1S/C13H16F3N2OS/c1-3-17-10-6-5-9(20-13(14,15)16)7-11(10)18(4-2)12(17)8-19/h5-7,19H,3-4,8H2,1-2H3/q+1. The van der Waals surface area contributed by atoms with Crippen molar-refractivity contribution in [3.63, 3.8) is 0 Å². The molecule has 0 saturated carbocycles. The van der Waals surface area contributed by atoms with E-state index in [4.69, 9.17) is 0 Å². The topological polar surface area (TPSA) is 29.0 Å². The van der Waals surface area contributed by atoms with Gasteiger partial charge in [0.2, 0.25) is 0 Å². The molecule has 0 saturated heterocycles. The van der Waals surface area contributed by atoms with E-state index in [0.717, 1.165) is 5.52 Å². The fraction of sp³-hybridized carbons (Fsp3) is 0.462. The zero-order valence-corrected chi connectivity index (χ0v) is 12.1. The maximum Gasteiger partial charge on any atom is 0.446 e. The van der Waals surface area contributed by atoms with Crippen LogP contribution in [0.4, 0.5) is 13.2 Å². The molecule has 0 fully saturated rings. The zero-order chi connectivity index (χ0) is 14.9. The van der Waals surface area contributed by atoms with Crippen molar-refractivity contribution in [2.45, 2.75) is 43.9 Å². The summed E-state index contributed by atoms with van der Waals surface area (Å²) < 4.78 is 41.1. The summed E-state index contributed by atoms with van der Waals surface area (Å²) >= 11 is -0.120. The van der Waals surface area contributed by atoms with Gasteiger partial charge in [-0.15, -0.1) is 0 Å². The molecule has 0 aliphatic heterocycles. The van der Waals surface area contributed by atoms with Crippen LogP contribution in [0, 0.1) is 0 Å². The number of halogens is 3. The van der Waals surface area contributed by atoms with E-state index >= 15 is 0 Å². The van der Waals surface area contributed by atoms with Crippen molar-refractivity contribution < 1.29 is 22.8 Å². The highest BCUT2D eigenvalue weighted by Gasteiger charge is 2.30. The largest absolute Gasteiger partial charge is 0.446 e. The van der Waals surface area contributed by atoms with Crippen molar-refractivity contribution in [2.24, 2.45) is 0 Å². The number of benzene rings is 1. The lowest BCUT2D eigenvalue weighted by Crippen LogP contribution is -2.36. The molecule has 2 rings (SSSR count). The van der Waals surface area contributed by atoms with Gasteiger partial charge in [0.1, 0.15) is 6.61 Å². The Labute approximate surface area is 119 Å². The summed E-state index contributed by atoms with van der Waals surface area (Å²) in [5.74, 6) is 0.708. The summed E-state index contributed by atoms with van der Waals surface area (Å²) in [6.07, 6.45) is 0. The number of nitrogens with zero attached hydrogens (tertiary/aromatic N) is 2. The number of imidazole rings is 1. The maximum absolute atomic E-state index is 12.5. The van der Waals surface area contributed by atoms with Crippen LogP contribution < -0.4 is 4.57 Å². The van der Waals surface area contributed by atoms with Crippen molar-refractivity contribution in [3.8, 4) is 0 Å². The molecule has 2 aromatic rings. The fourth-order valence-corrected chi connectivity index (χ4v) is 3.02. The lowest BCUT2D eigenvalue weighted by molar-refractivity contribution is -0.678. The van der Waals surface area contributed by atoms with Gasteiger partial charge in [0.05, 0.1) is 13.1 Å². The van der Waals surface area contributed by atoms with E-state index in [9.17, 15) is 18.3 Å². The van der Waals surface area contributed by atoms with Crippen LogP contribution in [0.3, 0.4) is 0 Å². The molecule has 1 aromatic carbocycles. The summed E-state index contributed by atoms with van der Waals surface area (Å²) in [5.41, 5.74) is -2.74. The van der Waals surface area contributed by atoms with Gasteiger partial charge in [-0.2, -0.15) is 13.2 Å². The first kappa shape index (κ1) is 15.2. The Balaban J connectivity index is 2.62. The van der Waals surface area contributed by atoms with Crippen LogP contribution in [0.2, 0.25) is 0 Å². The first-order chi connectivity index (χ1) is 9.41. The van der Waals surface area contributed by atoms with Crippen LogP contribution >= 0.6 is 11.8 Å². The van der Waals surface area contributed by atoms with Crippen molar-refractivity contribution in [2.75, 3.05) is 0 Å². The number of rotatable bonds is 4. The minimum Gasteiger partial charge on any atom is -0.384 e. The fourth-order valence-electron chi connectivity index (χ4n) is 2.45. The summed E-state index contributed by atoms with van der Waals surface area (Å²) in [7, 11) is 0. The van der Waals surface area contributed by atoms with E-state index in [0.29, 0.717) is 24.4 Å². The molecule has 0 amide bonds. The average molecular weight is 305 g/mol. The van der Waals surface area contributed by atoms with Crippen LogP contribution in [0.1, 0.15) is 19.7 Å².